The van der Waals surface area contributed by atoms with Crippen LogP contribution in [0.1, 0.15) is 44.4 Å². The molecule has 1 N–H and O–H groups in total. The lowest BCUT2D eigenvalue weighted by Gasteiger charge is -2.38. The Hall–Kier alpha value is -1.26. The molecule has 0 unspecified atom stereocenters. The second-order valence-electron chi connectivity index (χ2n) is 8.45. The number of β-amino-alcohol motifs (C(OH)–C–C–N with tert-alkyl or cyclic N) is 1. The highest BCUT2D eigenvalue weighted by atomic mass is 28.4. The molecule has 0 saturated carbocycles. The van der Waals surface area contributed by atoms with E-state index in [-0.39, 0.29) is 16.7 Å². The molecule has 1 aliphatic heterocycles. The predicted octanol–water partition coefficient (Wildman–Crippen LogP) is 3.83. The summed E-state index contributed by atoms with van der Waals surface area (Å²) < 4.78 is 20.0. The molecular formula is C19H29FN2O2Si. The minimum Gasteiger partial charge on any atom is -0.413 e. The van der Waals surface area contributed by atoms with Gasteiger partial charge in [0.2, 0.25) is 0 Å². The maximum Gasteiger partial charge on any atom is 0.192 e. The molecular weight excluding hydrogens is 335 g/mol. The van der Waals surface area contributed by atoms with Crippen LogP contribution in [0.2, 0.25) is 18.1 Å². The molecule has 2 atom stereocenters. The summed E-state index contributed by atoms with van der Waals surface area (Å²) in [5, 5.41) is 19.5. The summed E-state index contributed by atoms with van der Waals surface area (Å²) >= 11 is 0. The number of likely N-dealkylation sites (tertiary alicyclic amines) is 1. The summed E-state index contributed by atoms with van der Waals surface area (Å²) in [4.78, 5) is 2.15. The van der Waals surface area contributed by atoms with E-state index in [1.165, 1.54) is 12.1 Å². The molecule has 138 valence electrons. The molecule has 0 radical (unpaired) electrons. The number of rotatable bonds is 5. The summed E-state index contributed by atoms with van der Waals surface area (Å²) in [5.74, 6) is -0.492. The topological polar surface area (TPSA) is 56.5 Å². The Balaban J connectivity index is 1.95. The minimum atomic E-state index is -1.80. The Bertz CT molecular complexity index is 652. The first-order valence-corrected chi connectivity index (χ1v) is 11.7. The standard InChI is InChI=1S/C19H29FN2O2Si/c1-19(2,3)25(4,5)24-17-6-7-22(12-17)13-18(23)15-8-14(11-21)9-16(20)10-15/h8-10,17-18,23H,6-7,12-13H2,1-5H3/t17-,18+/m0/s1. The van der Waals surface area contributed by atoms with Crippen molar-refractivity contribution in [3.8, 4) is 6.07 Å². The molecule has 2 rings (SSSR count). The second kappa shape index (κ2) is 7.54. The Labute approximate surface area is 151 Å². The van der Waals surface area contributed by atoms with Crippen LogP contribution in [0.15, 0.2) is 18.2 Å². The lowest BCUT2D eigenvalue weighted by Crippen LogP contribution is -2.44. The van der Waals surface area contributed by atoms with E-state index in [1.807, 2.05) is 6.07 Å². The Morgan fingerprint density at radius 2 is 2.08 bits per heavy atom. The predicted molar refractivity (Wildman–Crippen MR) is 99.2 cm³/mol. The number of halogens is 1. The zero-order valence-corrected chi connectivity index (χ0v) is 16.8. The Kier molecular flexibility index (Phi) is 6.05. The van der Waals surface area contributed by atoms with Gasteiger partial charge >= 0.3 is 0 Å². The van der Waals surface area contributed by atoms with Gasteiger partial charge < -0.3 is 9.53 Å². The fourth-order valence-electron chi connectivity index (χ4n) is 2.87. The molecule has 0 aliphatic carbocycles. The van der Waals surface area contributed by atoms with Crippen LogP contribution in [0.25, 0.3) is 0 Å². The van der Waals surface area contributed by atoms with Gasteiger partial charge in [0.1, 0.15) is 5.82 Å². The van der Waals surface area contributed by atoms with Crippen LogP contribution in [0.4, 0.5) is 4.39 Å². The lowest BCUT2D eigenvalue weighted by molar-refractivity contribution is 0.114. The first-order chi connectivity index (χ1) is 11.5. The summed E-state index contributed by atoms with van der Waals surface area (Å²) in [6, 6.07) is 5.95. The van der Waals surface area contributed by atoms with Gasteiger partial charge in [0, 0.05) is 19.6 Å². The van der Waals surface area contributed by atoms with Crippen LogP contribution in [0.3, 0.4) is 0 Å². The third-order valence-corrected chi connectivity index (χ3v) is 9.90. The van der Waals surface area contributed by atoms with Crippen molar-refractivity contribution in [3.63, 3.8) is 0 Å². The number of aliphatic hydroxyl groups is 1. The quantitative estimate of drug-likeness (QED) is 0.807. The van der Waals surface area contributed by atoms with E-state index >= 15 is 0 Å². The highest BCUT2D eigenvalue weighted by Gasteiger charge is 2.40. The van der Waals surface area contributed by atoms with Crippen LogP contribution >= 0.6 is 0 Å². The maximum atomic E-state index is 13.6. The Morgan fingerprint density at radius 3 is 2.68 bits per heavy atom. The monoisotopic (exact) mass is 364 g/mol. The Morgan fingerprint density at radius 1 is 1.40 bits per heavy atom. The van der Waals surface area contributed by atoms with Gasteiger partial charge in [0.05, 0.1) is 23.8 Å². The van der Waals surface area contributed by atoms with Crippen molar-refractivity contribution in [2.45, 2.75) is 57.5 Å². The normalized spacial score (nSPS) is 20.5. The van der Waals surface area contributed by atoms with E-state index in [2.05, 4.69) is 38.8 Å². The van der Waals surface area contributed by atoms with Crippen molar-refractivity contribution in [2.75, 3.05) is 19.6 Å². The van der Waals surface area contributed by atoms with Crippen molar-refractivity contribution in [1.29, 1.82) is 5.26 Å². The van der Waals surface area contributed by atoms with Crippen molar-refractivity contribution in [1.82, 2.24) is 4.90 Å². The van der Waals surface area contributed by atoms with Gasteiger partial charge in [-0.05, 0) is 48.3 Å². The third kappa shape index (κ3) is 5.11. The van der Waals surface area contributed by atoms with Crippen molar-refractivity contribution < 1.29 is 13.9 Å². The van der Waals surface area contributed by atoms with Crippen molar-refractivity contribution >= 4 is 8.32 Å². The molecule has 1 saturated heterocycles. The van der Waals surface area contributed by atoms with E-state index < -0.39 is 20.2 Å². The SMILES string of the molecule is CC(C)(C)[Si](C)(C)O[C@H]1CCN(C[C@@H](O)c2cc(F)cc(C#N)c2)C1. The molecule has 4 nitrogen and oxygen atoms in total. The van der Waals surface area contributed by atoms with Gasteiger partial charge in [-0.1, -0.05) is 20.8 Å². The van der Waals surface area contributed by atoms with Crippen molar-refractivity contribution in [2.24, 2.45) is 0 Å². The fraction of sp³-hybridized carbons (Fsp3) is 0.632. The molecule has 25 heavy (non-hydrogen) atoms. The van der Waals surface area contributed by atoms with E-state index in [0.29, 0.717) is 12.1 Å². The average molecular weight is 365 g/mol. The number of hydrogen-bond donors (Lipinski definition) is 1. The number of hydrogen-bond acceptors (Lipinski definition) is 4. The van der Waals surface area contributed by atoms with Gasteiger partial charge in [-0.3, -0.25) is 4.90 Å². The number of benzene rings is 1. The molecule has 0 spiro atoms. The van der Waals surface area contributed by atoms with Crippen LogP contribution in [0, 0.1) is 17.1 Å². The molecule has 0 amide bonds. The highest BCUT2D eigenvalue weighted by molar-refractivity contribution is 6.74. The van der Waals surface area contributed by atoms with Gasteiger partial charge in [-0.15, -0.1) is 0 Å². The zero-order valence-electron chi connectivity index (χ0n) is 15.8. The largest absolute Gasteiger partial charge is 0.413 e. The summed E-state index contributed by atoms with van der Waals surface area (Å²) in [6.45, 7) is 13.2. The fourth-order valence-corrected chi connectivity index (χ4v) is 4.25. The van der Waals surface area contributed by atoms with Gasteiger partial charge in [-0.25, -0.2) is 4.39 Å². The average Bonchev–Trinajstić information content (AvgIpc) is 2.91. The first-order valence-electron chi connectivity index (χ1n) is 8.80. The highest BCUT2D eigenvalue weighted by Crippen LogP contribution is 2.38. The van der Waals surface area contributed by atoms with E-state index in [4.69, 9.17) is 9.69 Å². The smallest absolute Gasteiger partial charge is 0.192 e. The van der Waals surface area contributed by atoms with E-state index in [9.17, 15) is 9.50 Å². The molecule has 1 fully saturated rings. The third-order valence-electron chi connectivity index (χ3n) is 5.36. The van der Waals surface area contributed by atoms with Crippen LogP contribution in [-0.2, 0) is 4.43 Å². The first kappa shape index (κ1) is 20.1. The van der Waals surface area contributed by atoms with E-state index in [0.717, 1.165) is 19.5 Å². The lowest BCUT2D eigenvalue weighted by atomic mass is 10.1. The molecule has 1 heterocycles. The summed E-state index contributed by atoms with van der Waals surface area (Å²) in [6.07, 6.45) is 0.330. The summed E-state index contributed by atoms with van der Waals surface area (Å²) in [5.41, 5.74) is 0.680. The molecule has 6 heteroatoms. The van der Waals surface area contributed by atoms with Crippen molar-refractivity contribution in [3.05, 3.63) is 35.1 Å². The number of nitriles is 1. The zero-order chi connectivity index (χ0) is 18.8. The van der Waals surface area contributed by atoms with Gasteiger partial charge in [0.15, 0.2) is 8.32 Å². The molecule has 0 aromatic heterocycles. The molecule has 0 bridgehead atoms. The number of aliphatic hydroxyl groups excluding tert-OH is 1. The van der Waals surface area contributed by atoms with E-state index in [1.54, 1.807) is 6.07 Å². The summed E-state index contributed by atoms with van der Waals surface area (Å²) in [7, 11) is -1.80. The van der Waals surface area contributed by atoms with Crippen LogP contribution in [0.5, 0.6) is 0 Å². The van der Waals surface area contributed by atoms with Crippen LogP contribution < -0.4 is 0 Å². The minimum absolute atomic E-state index is 0.176. The van der Waals surface area contributed by atoms with Gasteiger partial charge in [-0.2, -0.15) is 5.26 Å². The molecule has 1 aromatic rings. The number of nitrogens with zero attached hydrogens (tertiary/aromatic N) is 2. The van der Waals surface area contributed by atoms with Crippen LogP contribution in [-0.4, -0.2) is 44.1 Å². The van der Waals surface area contributed by atoms with Gasteiger partial charge in [0.25, 0.3) is 0 Å². The molecule has 1 aromatic carbocycles. The molecule has 1 aliphatic rings. The second-order valence-corrected chi connectivity index (χ2v) is 13.2. The maximum absolute atomic E-state index is 13.6.